The van der Waals surface area contributed by atoms with Crippen LogP contribution in [0.5, 0.6) is 0 Å². The van der Waals surface area contributed by atoms with Crippen molar-refractivity contribution >= 4 is 0 Å². The lowest BCUT2D eigenvalue weighted by Crippen LogP contribution is -2.09. The van der Waals surface area contributed by atoms with Gasteiger partial charge in [0.15, 0.2) is 5.67 Å². The lowest BCUT2D eigenvalue weighted by Gasteiger charge is -2.07. The minimum atomic E-state index is -1.53. The van der Waals surface area contributed by atoms with Gasteiger partial charge < -0.3 is 10.2 Å². The molecule has 0 fully saturated rings. The van der Waals surface area contributed by atoms with Gasteiger partial charge in [0.1, 0.15) is 5.76 Å². The Labute approximate surface area is 70.8 Å². The summed E-state index contributed by atoms with van der Waals surface area (Å²) in [5, 5.41) is 0. The Morgan fingerprint density at radius 2 is 2.25 bits per heavy atom. The molecule has 0 aliphatic rings. The second-order valence-corrected chi connectivity index (χ2v) is 3.33. The van der Waals surface area contributed by atoms with Gasteiger partial charge in [0.05, 0.1) is 12.2 Å². The van der Waals surface area contributed by atoms with Crippen LogP contribution in [-0.4, -0.2) is 4.98 Å². The zero-order chi connectivity index (χ0) is 9.35. The van der Waals surface area contributed by atoms with Gasteiger partial charge in [0, 0.05) is 0 Å². The Kier molecular flexibility index (Phi) is 2.19. The first-order valence-electron chi connectivity index (χ1n) is 3.82. The molecule has 3 nitrogen and oxygen atoms in total. The van der Waals surface area contributed by atoms with Gasteiger partial charge in [0.2, 0.25) is 5.89 Å². The molecule has 12 heavy (non-hydrogen) atoms. The van der Waals surface area contributed by atoms with Crippen LogP contribution in [0.25, 0.3) is 0 Å². The third-order valence-corrected chi connectivity index (χ3v) is 1.48. The van der Waals surface area contributed by atoms with Crippen LogP contribution in [0.3, 0.4) is 0 Å². The Bertz CT molecular complexity index is 262. The molecule has 0 aromatic carbocycles. The van der Waals surface area contributed by atoms with Gasteiger partial charge in [-0.05, 0) is 20.8 Å². The van der Waals surface area contributed by atoms with E-state index in [1.165, 1.54) is 20.0 Å². The largest absolute Gasteiger partial charge is 0.441 e. The average Bonchev–Trinajstić information content (AvgIpc) is 2.30. The first-order chi connectivity index (χ1) is 5.41. The Morgan fingerprint density at radius 1 is 1.67 bits per heavy atom. The SMILES string of the molecule is CC(N)c1cnc(C(C)(C)F)o1. The second kappa shape index (κ2) is 2.86. The van der Waals surface area contributed by atoms with Crippen molar-refractivity contribution in [2.75, 3.05) is 0 Å². The maximum absolute atomic E-state index is 13.2. The third-order valence-electron chi connectivity index (χ3n) is 1.48. The second-order valence-electron chi connectivity index (χ2n) is 3.33. The summed E-state index contributed by atoms with van der Waals surface area (Å²) in [6.45, 7) is 4.54. The predicted molar refractivity (Wildman–Crippen MR) is 43.2 cm³/mol. The fourth-order valence-electron chi connectivity index (χ4n) is 0.772. The molecule has 0 bridgehead atoms. The van der Waals surface area contributed by atoms with Crippen LogP contribution >= 0.6 is 0 Å². The molecular formula is C8H13FN2O. The van der Waals surface area contributed by atoms with E-state index in [-0.39, 0.29) is 11.9 Å². The lowest BCUT2D eigenvalue weighted by atomic mass is 10.2. The molecule has 1 unspecified atom stereocenters. The van der Waals surface area contributed by atoms with Gasteiger partial charge in [-0.25, -0.2) is 9.37 Å². The van der Waals surface area contributed by atoms with E-state index in [4.69, 9.17) is 10.2 Å². The summed E-state index contributed by atoms with van der Waals surface area (Å²) < 4.78 is 18.3. The Morgan fingerprint density at radius 3 is 2.50 bits per heavy atom. The molecule has 2 N–H and O–H groups in total. The van der Waals surface area contributed by atoms with Gasteiger partial charge in [0.25, 0.3) is 0 Å². The van der Waals surface area contributed by atoms with E-state index in [9.17, 15) is 4.39 Å². The molecule has 1 aromatic rings. The molecule has 0 radical (unpaired) electrons. The third kappa shape index (κ3) is 1.82. The van der Waals surface area contributed by atoms with Gasteiger partial charge >= 0.3 is 0 Å². The monoisotopic (exact) mass is 172 g/mol. The number of rotatable bonds is 2. The molecule has 68 valence electrons. The number of halogens is 1. The number of hydrogen-bond acceptors (Lipinski definition) is 3. The van der Waals surface area contributed by atoms with Gasteiger partial charge in [-0.1, -0.05) is 0 Å². The van der Waals surface area contributed by atoms with E-state index in [0.717, 1.165) is 0 Å². The molecular weight excluding hydrogens is 159 g/mol. The molecule has 0 saturated heterocycles. The fourth-order valence-corrected chi connectivity index (χ4v) is 0.772. The van der Waals surface area contributed by atoms with Crippen LogP contribution in [0.4, 0.5) is 4.39 Å². The smallest absolute Gasteiger partial charge is 0.231 e. The number of alkyl halides is 1. The summed E-state index contributed by atoms with van der Waals surface area (Å²) in [5.41, 5.74) is 3.98. The van der Waals surface area contributed by atoms with Crippen LogP contribution in [-0.2, 0) is 5.67 Å². The molecule has 4 heteroatoms. The molecule has 0 amide bonds. The van der Waals surface area contributed by atoms with E-state index in [1.807, 2.05) is 0 Å². The molecule has 0 spiro atoms. The molecule has 0 aliphatic heterocycles. The van der Waals surface area contributed by atoms with Gasteiger partial charge in [-0.3, -0.25) is 0 Å². The van der Waals surface area contributed by atoms with Gasteiger partial charge in [-0.2, -0.15) is 0 Å². The molecule has 1 heterocycles. The number of nitrogens with zero attached hydrogens (tertiary/aromatic N) is 1. The van der Waals surface area contributed by atoms with Crippen molar-refractivity contribution in [3.8, 4) is 0 Å². The van der Waals surface area contributed by atoms with Gasteiger partial charge in [-0.15, -0.1) is 0 Å². The van der Waals surface area contributed by atoms with Crippen molar-refractivity contribution in [2.24, 2.45) is 5.73 Å². The maximum Gasteiger partial charge on any atom is 0.231 e. The first kappa shape index (κ1) is 9.19. The Hall–Kier alpha value is -0.900. The summed E-state index contributed by atoms with van der Waals surface area (Å²) in [6.07, 6.45) is 1.46. The van der Waals surface area contributed by atoms with Crippen molar-refractivity contribution in [2.45, 2.75) is 32.5 Å². The minimum Gasteiger partial charge on any atom is -0.441 e. The number of nitrogens with two attached hydrogens (primary N) is 1. The van der Waals surface area contributed by atoms with Crippen molar-refractivity contribution < 1.29 is 8.81 Å². The predicted octanol–water partition coefficient (Wildman–Crippen LogP) is 1.90. The highest BCUT2D eigenvalue weighted by Crippen LogP contribution is 2.25. The summed E-state index contributed by atoms with van der Waals surface area (Å²) in [6, 6.07) is -0.242. The van der Waals surface area contributed by atoms with E-state index in [2.05, 4.69) is 4.98 Å². The summed E-state index contributed by atoms with van der Waals surface area (Å²) in [4.78, 5) is 3.79. The topological polar surface area (TPSA) is 52.0 Å². The maximum atomic E-state index is 13.2. The minimum absolute atomic E-state index is 0.0785. The fraction of sp³-hybridized carbons (Fsp3) is 0.625. The van der Waals surface area contributed by atoms with Crippen LogP contribution in [0.1, 0.15) is 38.5 Å². The normalized spacial score (nSPS) is 14.8. The zero-order valence-electron chi connectivity index (χ0n) is 7.47. The summed E-state index contributed by atoms with van der Waals surface area (Å²) >= 11 is 0. The molecule has 1 rings (SSSR count). The van der Waals surface area contributed by atoms with E-state index in [1.54, 1.807) is 6.92 Å². The van der Waals surface area contributed by atoms with Crippen LogP contribution in [0.15, 0.2) is 10.6 Å². The van der Waals surface area contributed by atoms with Crippen molar-refractivity contribution in [3.05, 3.63) is 17.8 Å². The number of hydrogen-bond donors (Lipinski definition) is 1. The van der Waals surface area contributed by atoms with Crippen LogP contribution in [0, 0.1) is 0 Å². The van der Waals surface area contributed by atoms with Crippen LogP contribution < -0.4 is 5.73 Å². The molecule has 0 saturated carbocycles. The number of aromatic nitrogens is 1. The average molecular weight is 172 g/mol. The van der Waals surface area contributed by atoms with Crippen molar-refractivity contribution in [1.29, 1.82) is 0 Å². The van der Waals surface area contributed by atoms with Crippen molar-refractivity contribution in [1.82, 2.24) is 4.98 Å². The number of oxazole rings is 1. The zero-order valence-corrected chi connectivity index (χ0v) is 7.47. The summed E-state index contributed by atoms with van der Waals surface area (Å²) in [7, 11) is 0. The van der Waals surface area contributed by atoms with E-state index in [0.29, 0.717) is 5.76 Å². The van der Waals surface area contributed by atoms with Crippen LogP contribution in [0.2, 0.25) is 0 Å². The van der Waals surface area contributed by atoms with E-state index < -0.39 is 5.67 Å². The lowest BCUT2D eigenvalue weighted by molar-refractivity contribution is 0.166. The summed E-state index contributed by atoms with van der Waals surface area (Å²) in [5.74, 6) is 0.588. The highest BCUT2D eigenvalue weighted by molar-refractivity contribution is 5.02. The molecule has 1 aromatic heterocycles. The first-order valence-corrected chi connectivity index (χ1v) is 3.82. The standard InChI is InChI=1S/C8H13FN2O/c1-5(10)6-4-11-7(12-6)8(2,3)9/h4-5H,10H2,1-3H3. The highest BCUT2D eigenvalue weighted by Gasteiger charge is 2.25. The highest BCUT2D eigenvalue weighted by atomic mass is 19.1. The molecule has 0 aliphatic carbocycles. The van der Waals surface area contributed by atoms with Crippen molar-refractivity contribution in [3.63, 3.8) is 0 Å². The van der Waals surface area contributed by atoms with E-state index >= 15 is 0 Å². The Balaban J connectivity index is 2.92. The molecule has 1 atom stereocenters. The quantitative estimate of drug-likeness (QED) is 0.741.